The average molecular weight is 464 g/mol. The minimum atomic E-state index is -0.722. The summed E-state index contributed by atoms with van der Waals surface area (Å²) in [5, 5.41) is 12.0. The number of rotatable bonds is 5. The first-order valence-electron chi connectivity index (χ1n) is 10.5. The van der Waals surface area contributed by atoms with Gasteiger partial charge in [-0.05, 0) is 18.6 Å². The van der Waals surface area contributed by atoms with Crippen LogP contribution in [-0.4, -0.2) is 71.2 Å². The Morgan fingerprint density at radius 2 is 2.12 bits per heavy atom. The lowest BCUT2D eigenvalue weighted by Crippen LogP contribution is -2.45. The topological polar surface area (TPSA) is 131 Å². The fourth-order valence-corrected chi connectivity index (χ4v) is 3.25. The number of carbonyl (C=O) groups excluding carboxylic acids is 2. The Balaban J connectivity index is 0.000000343. The Bertz CT molecular complexity index is 1080. The number of anilines is 1. The van der Waals surface area contributed by atoms with E-state index >= 15 is 0 Å². The predicted octanol–water partition coefficient (Wildman–Crippen LogP) is 1.13. The van der Waals surface area contributed by atoms with Gasteiger partial charge in [-0.25, -0.2) is 9.97 Å². The van der Waals surface area contributed by atoms with Crippen LogP contribution in [0.3, 0.4) is 0 Å². The van der Waals surface area contributed by atoms with Gasteiger partial charge >= 0.3 is 0 Å². The van der Waals surface area contributed by atoms with Crippen molar-refractivity contribution in [2.75, 3.05) is 38.7 Å². The molecule has 1 atom stereocenters. The second-order valence-corrected chi connectivity index (χ2v) is 8.27. The van der Waals surface area contributed by atoms with E-state index in [0.29, 0.717) is 44.2 Å². The van der Waals surface area contributed by atoms with Gasteiger partial charge in [0.25, 0.3) is 11.8 Å². The first-order valence-corrected chi connectivity index (χ1v) is 10.5. The van der Waals surface area contributed by atoms with Gasteiger partial charge in [-0.1, -0.05) is 25.0 Å². The molecule has 0 bridgehead atoms. The van der Waals surface area contributed by atoms with Crippen molar-refractivity contribution in [3.8, 4) is 36.6 Å². The zero-order valence-electron chi connectivity index (χ0n) is 19.3. The van der Waals surface area contributed by atoms with Gasteiger partial charge in [-0.2, -0.15) is 0 Å². The summed E-state index contributed by atoms with van der Waals surface area (Å²) < 4.78 is 5.22. The van der Waals surface area contributed by atoms with Gasteiger partial charge in [0, 0.05) is 36.7 Å². The molecule has 2 aromatic rings. The van der Waals surface area contributed by atoms with Crippen LogP contribution in [0.2, 0.25) is 0 Å². The Hall–Kier alpha value is -3.92. The number of terminal acetylenes is 2. The molecule has 2 fully saturated rings. The van der Waals surface area contributed by atoms with Gasteiger partial charge in [-0.15, -0.1) is 19.3 Å². The molecule has 0 unspecified atom stereocenters. The molecule has 2 aliphatic heterocycles. The second-order valence-electron chi connectivity index (χ2n) is 8.27. The van der Waals surface area contributed by atoms with Crippen molar-refractivity contribution in [2.24, 2.45) is 11.1 Å². The molecular formula is C25H29N5O4. The maximum atomic E-state index is 11.8. The lowest BCUT2D eigenvalue weighted by atomic mass is 9.88. The van der Waals surface area contributed by atoms with Crippen molar-refractivity contribution in [1.29, 1.82) is 0 Å². The maximum Gasteiger partial charge on any atom is 0.269 e. The molecule has 0 aliphatic carbocycles. The molecule has 4 rings (SSSR count). The number of benzene rings is 1. The number of likely N-dealkylation sites (tertiary alicyclic amines) is 1. The number of ether oxygens (including phenoxy) is 1. The van der Waals surface area contributed by atoms with Crippen molar-refractivity contribution in [3.63, 3.8) is 0 Å². The standard InChI is InChI=1S/C18H18N4O2.C5H9NO2.C2H2/c1-3-12-5-4-6-13(7-12)17-20-8-14(15(22-17)16(19)23)21-9-18(2)10-24-11-18;1-6-3-2-4(7)5(6)8;1-2/h1,4-8,21H,9-11H2,2H3,(H2,19,23);4,7H,2-3H2,1H3;1-2H/t;4-;/m.0./s1. The van der Waals surface area contributed by atoms with Gasteiger partial charge < -0.3 is 25.8 Å². The van der Waals surface area contributed by atoms with Crippen LogP contribution in [0.25, 0.3) is 11.4 Å². The summed E-state index contributed by atoms with van der Waals surface area (Å²) in [7, 11) is 1.69. The van der Waals surface area contributed by atoms with Gasteiger partial charge in [-0.3, -0.25) is 9.59 Å². The van der Waals surface area contributed by atoms with Crippen LogP contribution in [0.15, 0.2) is 30.5 Å². The van der Waals surface area contributed by atoms with Crippen molar-refractivity contribution < 1.29 is 19.4 Å². The number of nitrogens with zero attached hydrogens (tertiary/aromatic N) is 3. The number of carbonyl (C=O) groups is 2. The van der Waals surface area contributed by atoms with E-state index in [0.717, 1.165) is 11.1 Å². The van der Waals surface area contributed by atoms with E-state index in [9.17, 15) is 9.59 Å². The van der Waals surface area contributed by atoms with Crippen molar-refractivity contribution in [2.45, 2.75) is 19.4 Å². The summed E-state index contributed by atoms with van der Waals surface area (Å²) in [5.41, 5.74) is 7.66. The molecular weight excluding hydrogens is 434 g/mol. The largest absolute Gasteiger partial charge is 0.383 e. The van der Waals surface area contributed by atoms with Crippen molar-refractivity contribution >= 4 is 17.5 Å². The fraction of sp³-hybridized carbons (Fsp3) is 0.360. The molecule has 3 heterocycles. The average Bonchev–Trinajstić information content (AvgIpc) is 3.13. The van der Waals surface area contributed by atoms with Gasteiger partial charge in [0.2, 0.25) is 0 Å². The van der Waals surface area contributed by atoms with Crippen LogP contribution in [0.4, 0.5) is 5.69 Å². The zero-order valence-corrected chi connectivity index (χ0v) is 19.3. The fourth-order valence-electron chi connectivity index (χ4n) is 3.25. The van der Waals surface area contributed by atoms with Crippen molar-refractivity contribution in [3.05, 3.63) is 41.7 Å². The Morgan fingerprint density at radius 1 is 1.41 bits per heavy atom. The van der Waals surface area contributed by atoms with Crippen LogP contribution >= 0.6 is 0 Å². The molecule has 9 nitrogen and oxygen atoms in total. The third kappa shape index (κ3) is 6.55. The molecule has 2 saturated heterocycles. The van der Waals surface area contributed by atoms with E-state index in [1.807, 2.05) is 18.2 Å². The molecule has 2 amide bonds. The van der Waals surface area contributed by atoms with Gasteiger partial charge in [0.15, 0.2) is 11.5 Å². The first kappa shape index (κ1) is 26.3. The van der Waals surface area contributed by atoms with Crippen LogP contribution in [0.1, 0.15) is 29.4 Å². The number of nitrogens with one attached hydrogen (secondary N) is 1. The monoisotopic (exact) mass is 463 g/mol. The van der Waals surface area contributed by atoms with Gasteiger partial charge in [0.1, 0.15) is 6.10 Å². The molecule has 1 aromatic heterocycles. The minimum Gasteiger partial charge on any atom is -0.383 e. The number of likely N-dealkylation sites (N-methyl/N-ethyl adjacent to an activating group) is 1. The van der Waals surface area contributed by atoms with E-state index in [4.69, 9.17) is 22.0 Å². The van der Waals surface area contributed by atoms with Crippen LogP contribution < -0.4 is 11.1 Å². The van der Waals surface area contributed by atoms with E-state index in [1.165, 1.54) is 4.90 Å². The highest BCUT2D eigenvalue weighted by atomic mass is 16.5. The lowest BCUT2D eigenvalue weighted by molar-refractivity contribution is -0.133. The molecule has 9 heteroatoms. The van der Waals surface area contributed by atoms with Gasteiger partial charge in [0.05, 0.1) is 25.1 Å². The Labute approximate surface area is 199 Å². The quantitative estimate of drug-likeness (QED) is 0.567. The number of nitrogens with two attached hydrogens (primary N) is 1. The minimum absolute atomic E-state index is 0.0503. The third-order valence-corrected chi connectivity index (χ3v) is 5.32. The van der Waals surface area contributed by atoms with E-state index in [-0.39, 0.29) is 17.0 Å². The lowest BCUT2D eigenvalue weighted by Gasteiger charge is -2.38. The predicted molar refractivity (Wildman–Crippen MR) is 129 cm³/mol. The van der Waals surface area contributed by atoms with Crippen LogP contribution in [-0.2, 0) is 9.53 Å². The summed E-state index contributed by atoms with van der Waals surface area (Å²) in [6.45, 7) is 4.82. The number of hydrogen-bond donors (Lipinski definition) is 3. The molecule has 2 aliphatic rings. The molecule has 34 heavy (non-hydrogen) atoms. The SMILES string of the molecule is C#C.C#Cc1cccc(-c2ncc(NCC3(C)COC3)c(C(N)=O)n2)c1.CN1CC[C@H](O)C1=O. The Morgan fingerprint density at radius 3 is 2.59 bits per heavy atom. The molecule has 0 radical (unpaired) electrons. The number of aliphatic hydroxyl groups excluding tert-OH is 1. The summed E-state index contributed by atoms with van der Waals surface area (Å²) in [6, 6.07) is 7.26. The van der Waals surface area contributed by atoms with Crippen LogP contribution in [0.5, 0.6) is 0 Å². The number of hydrogen-bond acceptors (Lipinski definition) is 7. The highest BCUT2D eigenvalue weighted by molar-refractivity contribution is 5.96. The zero-order chi connectivity index (χ0) is 25.3. The summed E-state index contributed by atoms with van der Waals surface area (Å²) >= 11 is 0. The maximum absolute atomic E-state index is 11.8. The third-order valence-electron chi connectivity index (χ3n) is 5.32. The highest BCUT2D eigenvalue weighted by Gasteiger charge is 2.33. The first-order chi connectivity index (χ1) is 16.2. The molecule has 178 valence electrons. The smallest absolute Gasteiger partial charge is 0.269 e. The normalized spacial score (nSPS) is 17.7. The Kier molecular flexibility index (Phi) is 9.14. The summed E-state index contributed by atoms with van der Waals surface area (Å²) in [6.07, 6.45) is 14.9. The summed E-state index contributed by atoms with van der Waals surface area (Å²) in [4.78, 5) is 32.5. The molecule has 1 aromatic carbocycles. The summed E-state index contributed by atoms with van der Waals surface area (Å²) in [5.74, 6) is 2.22. The number of primary amides is 1. The number of aliphatic hydroxyl groups is 1. The number of aromatic nitrogens is 2. The van der Waals surface area contributed by atoms with E-state index in [2.05, 4.69) is 41.0 Å². The van der Waals surface area contributed by atoms with Crippen molar-refractivity contribution in [1.82, 2.24) is 14.9 Å². The molecule has 0 saturated carbocycles. The molecule has 0 spiro atoms. The highest BCUT2D eigenvalue weighted by Crippen LogP contribution is 2.27. The van der Waals surface area contributed by atoms with Crippen LogP contribution in [0, 0.1) is 30.6 Å². The van der Waals surface area contributed by atoms with E-state index in [1.54, 1.807) is 19.3 Å². The molecule has 4 N–H and O–H groups in total. The number of amides is 2. The van der Waals surface area contributed by atoms with E-state index < -0.39 is 12.0 Å². The second kappa shape index (κ2) is 11.8.